The highest BCUT2D eigenvalue weighted by atomic mass is 16.2. The molecule has 1 aliphatic heterocycles. The van der Waals surface area contributed by atoms with Crippen LogP contribution in [0.5, 0.6) is 0 Å². The summed E-state index contributed by atoms with van der Waals surface area (Å²) in [5, 5.41) is 8.14. The van der Waals surface area contributed by atoms with E-state index in [1.54, 1.807) is 6.20 Å². The topological polar surface area (TPSA) is 72.1 Å². The highest BCUT2D eigenvalue weighted by Gasteiger charge is 2.51. The molecule has 2 heterocycles. The van der Waals surface area contributed by atoms with Gasteiger partial charge in [0.05, 0.1) is 17.5 Å². The van der Waals surface area contributed by atoms with Crippen LogP contribution in [0.25, 0.3) is 11.3 Å². The van der Waals surface area contributed by atoms with Crippen LogP contribution in [0.1, 0.15) is 29.6 Å². The van der Waals surface area contributed by atoms with Gasteiger partial charge in [0.1, 0.15) is 0 Å². The largest absolute Gasteiger partial charge is 0.337 e. The SMILES string of the molecule is NC1CCCC12CN(C(=O)c1cnnc(-c3ccccc3)c1)C2. The van der Waals surface area contributed by atoms with Gasteiger partial charge in [0.25, 0.3) is 5.91 Å². The molecule has 1 saturated heterocycles. The Morgan fingerprint density at radius 2 is 2.04 bits per heavy atom. The van der Waals surface area contributed by atoms with Crippen LogP contribution in [0.15, 0.2) is 42.6 Å². The molecule has 2 N–H and O–H groups in total. The Morgan fingerprint density at radius 3 is 2.74 bits per heavy atom. The average Bonchev–Trinajstić information content (AvgIpc) is 2.95. The highest BCUT2D eigenvalue weighted by Crippen LogP contribution is 2.45. The van der Waals surface area contributed by atoms with Crippen molar-refractivity contribution < 1.29 is 4.79 Å². The van der Waals surface area contributed by atoms with Crippen LogP contribution in [-0.4, -0.2) is 40.1 Å². The summed E-state index contributed by atoms with van der Waals surface area (Å²) in [6.45, 7) is 1.55. The number of likely N-dealkylation sites (tertiary alicyclic amines) is 1. The van der Waals surface area contributed by atoms with E-state index in [1.165, 1.54) is 6.42 Å². The first kappa shape index (κ1) is 14.3. The van der Waals surface area contributed by atoms with Gasteiger partial charge >= 0.3 is 0 Å². The zero-order valence-corrected chi connectivity index (χ0v) is 13.0. The molecule has 5 heteroatoms. The predicted molar refractivity (Wildman–Crippen MR) is 87.6 cm³/mol. The molecule has 1 aromatic heterocycles. The summed E-state index contributed by atoms with van der Waals surface area (Å²) < 4.78 is 0. The van der Waals surface area contributed by atoms with Crippen molar-refractivity contribution in [1.82, 2.24) is 15.1 Å². The van der Waals surface area contributed by atoms with Crippen molar-refractivity contribution in [2.45, 2.75) is 25.3 Å². The molecule has 1 saturated carbocycles. The van der Waals surface area contributed by atoms with Gasteiger partial charge in [-0.15, -0.1) is 0 Å². The lowest BCUT2D eigenvalue weighted by Gasteiger charge is -2.50. The molecule has 5 nitrogen and oxygen atoms in total. The molecular weight excluding hydrogens is 288 g/mol. The number of benzene rings is 1. The van der Waals surface area contributed by atoms with Gasteiger partial charge in [-0.2, -0.15) is 10.2 Å². The molecule has 2 fully saturated rings. The Labute approximate surface area is 135 Å². The van der Waals surface area contributed by atoms with E-state index in [1.807, 2.05) is 41.3 Å². The summed E-state index contributed by atoms with van der Waals surface area (Å²) in [7, 11) is 0. The fourth-order valence-corrected chi connectivity index (χ4v) is 3.83. The van der Waals surface area contributed by atoms with E-state index in [9.17, 15) is 4.79 Å². The van der Waals surface area contributed by atoms with Gasteiger partial charge in [-0.1, -0.05) is 36.8 Å². The first-order valence-electron chi connectivity index (χ1n) is 8.11. The summed E-state index contributed by atoms with van der Waals surface area (Å²) >= 11 is 0. The van der Waals surface area contributed by atoms with Crippen molar-refractivity contribution in [1.29, 1.82) is 0 Å². The molecule has 1 unspecified atom stereocenters. The van der Waals surface area contributed by atoms with Crippen LogP contribution >= 0.6 is 0 Å². The summed E-state index contributed by atoms with van der Waals surface area (Å²) in [6.07, 6.45) is 4.95. The molecule has 0 radical (unpaired) electrons. The van der Waals surface area contributed by atoms with E-state index in [4.69, 9.17) is 5.73 Å². The lowest BCUT2D eigenvalue weighted by Crippen LogP contribution is -2.63. The molecule has 23 heavy (non-hydrogen) atoms. The molecule has 1 atom stereocenters. The van der Waals surface area contributed by atoms with Gasteiger partial charge in [-0.05, 0) is 18.9 Å². The van der Waals surface area contributed by atoms with Crippen LogP contribution in [0.4, 0.5) is 0 Å². The van der Waals surface area contributed by atoms with E-state index in [0.717, 1.165) is 37.2 Å². The summed E-state index contributed by atoms with van der Waals surface area (Å²) in [6, 6.07) is 11.9. The molecule has 1 spiro atoms. The van der Waals surface area contributed by atoms with E-state index >= 15 is 0 Å². The number of hydrogen-bond acceptors (Lipinski definition) is 4. The fourth-order valence-electron chi connectivity index (χ4n) is 3.83. The molecule has 4 rings (SSSR count). The second-order valence-electron chi connectivity index (χ2n) is 6.72. The standard InChI is InChI=1S/C18H20N4O/c19-16-7-4-8-18(16)11-22(12-18)17(23)14-9-15(21-20-10-14)13-5-2-1-3-6-13/h1-3,5-6,9-10,16H,4,7-8,11-12,19H2. The van der Waals surface area contributed by atoms with E-state index in [2.05, 4.69) is 10.2 Å². The van der Waals surface area contributed by atoms with Gasteiger partial charge in [0, 0.05) is 30.1 Å². The Balaban J connectivity index is 1.52. The molecule has 0 bridgehead atoms. The smallest absolute Gasteiger partial charge is 0.255 e. The quantitative estimate of drug-likeness (QED) is 0.922. The van der Waals surface area contributed by atoms with Crippen molar-refractivity contribution in [2.24, 2.45) is 11.1 Å². The van der Waals surface area contributed by atoms with Crippen LogP contribution in [-0.2, 0) is 0 Å². The van der Waals surface area contributed by atoms with Crippen molar-refractivity contribution in [3.05, 3.63) is 48.2 Å². The minimum Gasteiger partial charge on any atom is -0.337 e. The van der Waals surface area contributed by atoms with Gasteiger partial charge in [-0.25, -0.2) is 0 Å². The normalized spacial score (nSPS) is 22.1. The summed E-state index contributed by atoms with van der Waals surface area (Å²) in [4.78, 5) is 14.6. The minimum absolute atomic E-state index is 0.0295. The zero-order chi connectivity index (χ0) is 15.9. The number of nitrogens with two attached hydrogens (primary N) is 1. The Morgan fingerprint density at radius 1 is 1.26 bits per heavy atom. The van der Waals surface area contributed by atoms with E-state index < -0.39 is 0 Å². The van der Waals surface area contributed by atoms with Gasteiger partial charge < -0.3 is 10.6 Å². The lowest BCUT2D eigenvalue weighted by atomic mass is 9.75. The second kappa shape index (κ2) is 5.42. The maximum absolute atomic E-state index is 12.7. The molecular formula is C18H20N4O. The van der Waals surface area contributed by atoms with Gasteiger partial charge in [0.2, 0.25) is 0 Å². The number of aromatic nitrogens is 2. The van der Waals surface area contributed by atoms with Gasteiger partial charge in [-0.3, -0.25) is 4.79 Å². The molecule has 1 aromatic carbocycles. The monoisotopic (exact) mass is 308 g/mol. The number of carbonyl (C=O) groups is 1. The molecule has 118 valence electrons. The minimum atomic E-state index is 0.0295. The molecule has 2 aliphatic rings. The number of carbonyl (C=O) groups excluding carboxylic acids is 1. The lowest BCUT2D eigenvalue weighted by molar-refractivity contribution is 0.00137. The Kier molecular flexibility index (Phi) is 3.38. The zero-order valence-electron chi connectivity index (χ0n) is 13.0. The average molecular weight is 308 g/mol. The third kappa shape index (κ3) is 2.41. The fraction of sp³-hybridized carbons (Fsp3) is 0.389. The maximum atomic E-state index is 12.7. The van der Waals surface area contributed by atoms with Gasteiger partial charge in [0.15, 0.2) is 0 Å². The Bertz CT molecular complexity index is 725. The number of amides is 1. The van der Waals surface area contributed by atoms with Crippen molar-refractivity contribution in [3.8, 4) is 11.3 Å². The first-order valence-corrected chi connectivity index (χ1v) is 8.11. The Hall–Kier alpha value is -2.27. The first-order chi connectivity index (χ1) is 11.2. The summed E-state index contributed by atoms with van der Waals surface area (Å²) in [5.74, 6) is 0.0295. The van der Waals surface area contributed by atoms with Crippen molar-refractivity contribution in [2.75, 3.05) is 13.1 Å². The molecule has 2 aromatic rings. The van der Waals surface area contributed by atoms with E-state index in [0.29, 0.717) is 5.56 Å². The number of hydrogen-bond donors (Lipinski definition) is 1. The third-order valence-electron chi connectivity index (χ3n) is 5.25. The van der Waals surface area contributed by atoms with Crippen LogP contribution < -0.4 is 5.73 Å². The van der Waals surface area contributed by atoms with Crippen molar-refractivity contribution in [3.63, 3.8) is 0 Å². The van der Waals surface area contributed by atoms with Crippen molar-refractivity contribution >= 4 is 5.91 Å². The second-order valence-corrected chi connectivity index (χ2v) is 6.72. The maximum Gasteiger partial charge on any atom is 0.255 e. The number of rotatable bonds is 2. The van der Waals surface area contributed by atoms with Crippen LogP contribution in [0.2, 0.25) is 0 Å². The third-order valence-corrected chi connectivity index (χ3v) is 5.25. The molecule has 1 amide bonds. The van der Waals surface area contributed by atoms with E-state index in [-0.39, 0.29) is 17.4 Å². The molecule has 1 aliphatic carbocycles. The van der Waals surface area contributed by atoms with Crippen LogP contribution in [0, 0.1) is 5.41 Å². The number of nitrogens with zero attached hydrogens (tertiary/aromatic N) is 3. The predicted octanol–water partition coefficient (Wildman–Crippen LogP) is 2.10. The highest BCUT2D eigenvalue weighted by molar-refractivity contribution is 5.95. The summed E-state index contributed by atoms with van der Waals surface area (Å²) in [5.41, 5.74) is 8.67. The van der Waals surface area contributed by atoms with Crippen LogP contribution in [0.3, 0.4) is 0 Å².